The predicted octanol–water partition coefficient (Wildman–Crippen LogP) is 0.362. The molecule has 0 saturated heterocycles. The Bertz CT molecular complexity index is 966. The Labute approximate surface area is 174 Å². The molecule has 9 nitrogen and oxygen atoms in total. The molecule has 0 spiro atoms. The molecule has 3 rings (SSSR count). The molecule has 0 unspecified atom stereocenters. The molecule has 0 bridgehead atoms. The summed E-state index contributed by atoms with van der Waals surface area (Å²) in [7, 11) is 3.93. The van der Waals surface area contributed by atoms with Gasteiger partial charge in [0.15, 0.2) is 0 Å². The van der Waals surface area contributed by atoms with Crippen LogP contribution in [-0.4, -0.2) is 64.9 Å². The van der Waals surface area contributed by atoms with Gasteiger partial charge in [-0.05, 0) is 57.6 Å². The van der Waals surface area contributed by atoms with Gasteiger partial charge in [0.2, 0.25) is 0 Å². The summed E-state index contributed by atoms with van der Waals surface area (Å²) in [6.45, 7) is 1.35. The van der Waals surface area contributed by atoms with Crippen LogP contribution in [-0.2, 0) is 0 Å². The molecular weight excluding hydrogens is 388 g/mol. The van der Waals surface area contributed by atoms with Gasteiger partial charge in [0.25, 0.3) is 11.5 Å². The number of rotatable bonds is 7. The second-order valence-electron chi connectivity index (χ2n) is 7.76. The molecule has 9 heteroatoms. The van der Waals surface area contributed by atoms with Crippen LogP contribution in [0.15, 0.2) is 46.1 Å². The van der Waals surface area contributed by atoms with E-state index in [2.05, 4.69) is 10.3 Å². The highest BCUT2D eigenvalue weighted by Crippen LogP contribution is 2.28. The highest BCUT2D eigenvalue weighted by atomic mass is 16.5. The molecule has 2 aromatic rings. The summed E-state index contributed by atoms with van der Waals surface area (Å²) >= 11 is 0. The number of ether oxygens (including phenoxy) is 1. The summed E-state index contributed by atoms with van der Waals surface area (Å²) in [4.78, 5) is 40.2. The van der Waals surface area contributed by atoms with Gasteiger partial charge in [0.05, 0.1) is 18.2 Å². The van der Waals surface area contributed by atoms with Gasteiger partial charge < -0.3 is 20.1 Å². The van der Waals surface area contributed by atoms with Crippen LogP contribution in [0.5, 0.6) is 5.75 Å². The molecule has 0 radical (unpaired) electrons. The van der Waals surface area contributed by atoms with Crippen molar-refractivity contribution in [3.63, 3.8) is 0 Å². The minimum Gasteiger partial charge on any atom is -0.492 e. The van der Waals surface area contributed by atoms with Gasteiger partial charge >= 0.3 is 5.69 Å². The van der Waals surface area contributed by atoms with Gasteiger partial charge in [0, 0.05) is 24.4 Å². The first-order valence-corrected chi connectivity index (χ1v) is 10.0. The molecule has 3 atom stereocenters. The lowest BCUT2D eigenvalue weighted by molar-refractivity contribution is 0.0382. The zero-order chi connectivity index (χ0) is 21.7. The zero-order valence-electron chi connectivity index (χ0n) is 17.2. The number of hydrogen-bond acceptors (Lipinski definition) is 6. The third-order valence-corrected chi connectivity index (χ3v) is 5.27. The average Bonchev–Trinajstić information content (AvgIpc) is 2.70. The fraction of sp³-hybridized carbons (Fsp3) is 0.476. The van der Waals surface area contributed by atoms with Gasteiger partial charge in [-0.2, -0.15) is 0 Å². The number of H-pyrrole nitrogens is 1. The molecule has 0 aliphatic heterocycles. The fourth-order valence-corrected chi connectivity index (χ4v) is 3.61. The molecule has 1 amide bonds. The smallest absolute Gasteiger partial charge is 0.328 e. The van der Waals surface area contributed by atoms with Crippen LogP contribution in [0.2, 0.25) is 0 Å². The van der Waals surface area contributed by atoms with E-state index in [1.165, 1.54) is 16.8 Å². The number of amides is 1. The van der Waals surface area contributed by atoms with Gasteiger partial charge in [0.1, 0.15) is 12.4 Å². The normalized spacial score (nSPS) is 21.4. The summed E-state index contributed by atoms with van der Waals surface area (Å²) in [6, 6.07) is 7.08. The van der Waals surface area contributed by atoms with Gasteiger partial charge in [-0.25, -0.2) is 4.79 Å². The molecule has 1 heterocycles. The minimum atomic E-state index is -0.944. The van der Waals surface area contributed by atoms with Crippen molar-refractivity contribution < 1.29 is 14.6 Å². The highest BCUT2D eigenvalue weighted by molar-refractivity contribution is 5.94. The van der Waals surface area contributed by atoms with Crippen LogP contribution in [0.1, 0.15) is 35.7 Å². The summed E-state index contributed by atoms with van der Waals surface area (Å²) in [5.74, 6) is 0.386. The molecule has 1 aliphatic rings. The standard InChI is InChI=1S/C21H28N4O5/c1-24(2)12-13-30-15-8-6-14(7-9-15)20(28)22-16-4-3-5-17(19(16)27)25-11-10-18(26)23-21(25)29/h6-11,16-17,19,27H,3-5,12-13H2,1-2H3,(H,22,28)(H,23,26,29)/t16-,17-,19-/m1/s1. The summed E-state index contributed by atoms with van der Waals surface area (Å²) in [6.07, 6.45) is 2.36. The number of benzene rings is 1. The molecular formula is C21H28N4O5. The van der Waals surface area contributed by atoms with Gasteiger partial charge in [-0.1, -0.05) is 0 Å². The molecule has 1 aromatic heterocycles. The van der Waals surface area contributed by atoms with Crippen molar-refractivity contribution in [1.82, 2.24) is 19.8 Å². The van der Waals surface area contributed by atoms with Crippen molar-refractivity contribution in [2.24, 2.45) is 0 Å². The molecule has 1 fully saturated rings. The number of aromatic nitrogens is 2. The van der Waals surface area contributed by atoms with Crippen molar-refractivity contribution in [3.05, 3.63) is 62.9 Å². The third-order valence-electron chi connectivity index (χ3n) is 5.27. The summed E-state index contributed by atoms with van der Waals surface area (Å²) < 4.78 is 6.95. The first kappa shape index (κ1) is 21.8. The van der Waals surface area contributed by atoms with E-state index in [-0.39, 0.29) is 5.91 Å². The Morgan fingerprint density at radius 1 is 1.23 bits per heavy atom. The summed E-state index contributed by atoms with van der Waals surface area (Å²) in [5.41, 5.74) is -0.589. The molecule has 3 N–H and O–H groups in total. The number of nitrogens with one attached hydrogen (secondary N) is 2. The van der Waals surface area contributed by atoms with Crippen molar-refractivity contribution in [2.45, 2.75) is 37.5 Å². The highest BCUT2D eigenvalue weighted by Gasteiger charge is 2.34. The second kappa shape index (κ2) is 9.73. The molecule has 1 saturated carbocycles. The van der Waals surface area contributed by atoms with Gasteiger partial charge in [-0.3, -0.25) is 19.1 Å². The fourth-order valence-electron chi connectivity index (χ4n) is 3.61. The van der Waals surface area contributed by atoms with Crippen molar-refractivity contribution in [2.75, 3.05) is 27.2 Å². The lowest BCUT2D eigenvalue weighted by atomic mass is 9.87. The number of carbonyl (C=O) groups is 1. The first-order valence-electron chi connectivity index (χ1n) is 10.0. The maximum Gasteiger partial charge on any atom is 0.328 e. The Morgan fingerprint density at radius 2 is 1.97 bits per heavy atom. The largest absolute Gasteiger partial charge is 0.492 e. The number of likely N-dealkylation sites (N-methyl/N-ethyl adjacent to an activating group) is 1. The van der Waals surface area contributed by atoms with E-state index in [0.29, 0.717) is 30.8 Å². The lowest BCUT2D eigenvalue weighted by Gasteiger charge is -2.35. The van der Waals surface area contributed by atoms with E-state index < -0.39 is 29.4 Å². The van der Waals surface area contributed by atoms with E-state index in [4.69, 9.17) is 4.74 Å². The van der Waals surface area contributed by atoms with E-state index in [1.807, 2.05) is 19.0 Å². The number of hydrogen-bond donors (Lipinski definition) is 3. The molecule has 30 heavy (non-hydrogen) atoms. The third kappa shape index (κ3) is 5.37. The van der Waals surface area contributed by atoms with Crippen molar-refractivity contribution in [1.29, 1.82) is 0 Å². The first-order chi connectivity index (χ1) is 14.3. The van der Waals surface area contributed by atoms with E-state index in [1.54, 1.807) is 24.3 Å². The van der Waals surface area contributed by atoms with Crippen LogP contribution in [0.25, 0.3) is 0 Å². The van der Waals surface area contributed by atoms with Crippen LogP contribution >= 0.6 is 0 Å². The summed E-state index contributed by atoms with van der Waals surface area (Å²) in [5, 5.41) is 13.6. The number of aliphatic hydroxyl groups excluding tert-OH is 1. The molecule has 162 valence electrons. The van der Waals surface area contributed by atoms with Crippen molar-refractivity contribution in [3.8, 4) is 5.75 Å². The number of aromatic amines is 1. The van der Waals surface area contributed by atoms with Crippen LogP contribution in [0.3, 0.4) is 0 Å². The van der Waals surface area contributed by atoms with Crippen molar-refractivity contribution >= 4 is 5.91 Å². The Hall–Kier alpha value is -2.91. The topological polar surface area (TPSA) is 117 Å². The quantitative estimate of drug-likeness (QED) is 0.600. The van der Waals surface area contributed by atoms with E-state index >= 15 is 0 Å². The number of carbonyl (C=O) groups excluding carboxylic acids is 1. The lowest BCUT2D eigenvalue weighted by Crippen LogP contribution is -2.51. The van der Waals surface area contributed by atoms with Crippen LogP contribution in [0.4, 0.5) is 0 Å². The second-order valence-corrected chi connectivity index (χ2v) is 7.76. The Morgan fingerprint density at radius 3 is 2.63 bits per heavy atom. The minimum absolute atomic E-state index is 0.298. The SMILES string of the molecule is CN(C)CCOc1ccc(C(=O)N[C@@H]2CCC[C@@H](n3ccc(=O)[nH]c3=O)[C@@H]2O)cc1. The average molecular weight is 416 g/mol. The molecule has 1 aromatic carbocycles. The maximum absolute atomic E-state index is 12.6. The van der Waals surface area contributed by atoms with Gasteiger partial charge in [-0.15, -0.1) is 0 Å². The zero-order valence-corrected chi connectivity index (χ0v) is 17.2. The van der Waals surface area contributed by atoms with Crippen LogP contribution < -0.4 is 21.3 Å². The van der Waals surface area contributed by atoms with E-state index in [0.717, 1.165) is 13.0 Å². The predicted molar refractivity (Wildman–Crippen MR) is 112 cm³/mol. The Balaban J connectivity index is 1.63. The monoisotopic (exact) mass is 416 g/mol. The molecule has 1 aliphatic carbocycles. The van der Waals surface area contributed by atoms with E-state index in [9.17, 15) is 19.5 Å². The number of nitrogens with zero attached hydrogens (tertiary/aromatic N) is 2. The maximum atomic E-state index is 12.6. The Kier molecular flexibility index (Phi) is 7.07. The number of aliphatic hydroxyl groups is 1. The van der Waals surface area contributed by atoms with Crippen LogP contribution in [0, 0.1) is 0 Å².